The van der Waals surface area contributed by atoms with E-state index in [4.69, 9.17) is 15.3 Å². The molecule has 0 aliphatic rings. The number of carbonyl (C=O) groups excluding carboxylic acids is 4. The normalized spacial score (nSPS) is 9.64. The van der Waals surface area contributed by atoms with E-state index in [1.807, 2.05) is 41.5 Å². The molecule has 12 heteroatoms. The first-order valence-corrected chi connectivity index (χ1v) is 7.60. The van der Waals surface area contributed by atoms with Gasteiger partial charge in [0.25, 0.3) is 0 Å². The molecule has 0 fully saturated rings. The Morgan fingerprint density at radius 1 is 0.679 bits per heavy atom. The van der Waals surface area contributed by atoms with Gasteiger partial charge in [-0.2, -0.15) is 0 Å². The molecular formula is C16H26Cu2NO9+. The van der Waals surface area contributed by atoms with Crippen LogP contribution in [0.1, 0.15) is 67.2 Å². The summed E-state index contributed by atoms with van der Waals surface area (Å²) >= 11 is 0. The summed E-state index contributed by atoms with van der Waals surface area (Å²) in [7, 11) is 0. The maximum atomic E-state index is 10.8. The van der Waals surface area contributed by atoms with Crippen LogP contribution < -0.4 is 10.2 Å². The molecule has 0 spiro atoms. The van der Waals surface area contributed by atoms with Crippen molar-refractivity contribution in [3.05, 3.63) is 15.3 Å². The molecule has 170 valence electrons. The maximum Gasteiger partial charge on any atom is 2.00 e. The van der Waals surface area contributed by atoms with E-state index in [-0.39, 0.29) is 56.5 Å². The zero-order chi connectivity index (χ0) is 21.7. The quantitative estimate of drug-likeness (QED) is 0.209. The standard InChI is InChI=1S/2C8H14O3.2Cu.NO3/c2*1-8(2,3)5-6(9)4-7(10)11;;;2-1(3)4/h2*4-5H2,1-3H3,(H,10,11);;;/q;;2*+2;-1/p-2. The average molecular weight is 503 g/mol. The molecule has 0 rings (SSSR count). The van der Waals surface area contributed by atoms with E-state index < -0.39 is 29.9 Å². The Morgan fingerprint density at radius 2 is 0.857 bits per heavy atom. The molecular weight excluding hydrogens is 477 g/mol. The summed E-state index contributed by atoms with van der Waals surface area (Å²) in [6, 6.07) is 0. The number of nitrogens with zero attached hydrogens (tertiary/aromatic N) is 1. The Bertz CT molecular complexity index is 465. The smallest absolute Gasteiger partial charge is 0.550 e. The van der Waals surface area contributed by atoms with Crippen LogP contribution in [0, 0.1) is 26.2 Å². The van der Waals surface area contributed by atoms with Gasteiger partial charge in [-0.3, -0.25) is 9.59 Å². The first-order valence-electron chi connectivity index (χ1n) is 7.60. The number of rotatable bonds is 6. The van der Waals surface area contributed by atoms with Crippen LogP contribution in [-0.4, -0.2) is 28.6 Å². The molecule has 0 N–H and O–H groups in total. The van der Waals surface area contributed by atoms with E-state index in [0.29, 0.717) is 12.8 Å². The molecule has 28 heavy (non-hydrogen) atoms. The van der Waals surface area contributed by atoms with Gasteiger partial charge in [-0.05, 0) is 10.8 Å². The summed E-state index contributed by atoms with van der Waals surface area (Å²) in [5.41, 5.74) is -0.265. The zero-order valence-corrected chi connectivity index (χ0v) is 18.4. The fourth-order valence-corrected chi connectivity index (χ4v) is 1.63. The first kappa shape index (κ1) is 37.3. The molecule has 0 heterocycles. The second kappa shape index (κ2) is 17.6. The summed E-state index contributed by atoms with van der Waals surface area (Å²) in [5.74, 6) is -3.12. The average Bonchev–Trinajstić information content (AvgIpc) is 2.19. The molecule has 0 atom stereocenters. The maximum absolute atomic E-state index is 10.8. The van der Waals surface area contributed by atoms with Crippen LogP contribution in [0.3, 0.4) is 0 Å². The largest absolute Gasteiger partial charge is 2.00 e. The van der Waals surface area contributed by atoms with Crippen molar-refractivity contribution < 1.29 is 68.6 Å². The third kappa shape index (κ3) is 49.7. The van der Waals surface area contributed by atoms with Crippen LogP contribution in [-0.2, 0) is 53.3 Å². The van der Waals surface area contributed by atoms with Crippen molar-refractivity contribution in [3.8, 4) is 0 Å². The molecule has 0 saturated heterocycles. The Morgan fingerprint density at radius 3 is 0.964 bits per heavy atom. The number of aliphatic carboxylic acids is 2. The van der Waals surface area contributed by atoms with Gasteiger partial charge in [-0.25, -0.2) is 0 Å². The molecule has 2 radical (unpaired) electrons. The van der Waals surface area contributed by atoms with Crippen molar-refractivity contribution in [2.75, 3.05) is 0 Å². The topological polar surface area (TPSA) is 181 Å². The van der Waals surface area contributed by atoms with Gasteiger partial charge in [-0.1, -0.05) is 41.5 Å². The summed E-state index contributed by atoms with van der Waals surface area (Å²) in [6.45, 7) is 11.3. The SMILES string of the molecule is CC(C)(C)CC(=O)CC(=O)[O-].CC(C)(C)CC(=O)CC(=O)[O-].O=[N+]([O-])[O-].[Cu+2].[Cu+2]. The van der Waals surface area contributed by atoms with Gasteiger partial charge in [0.15, 0.2) is 0 Å². The molecule has 0 bridgehead atoms. The Balaban J connectivity index is -0.0000000998. The summed E-state index contributed by atoms with van der Waals surface area (Å²) in [5, 5.41) is 34.7. The van der Waals surface area contributed by atoms with Crippen LogP contribution in [0.2, 0.25) is 0 Å². The molecule has 0 amide bonds. The molecule has 0 aliphatic carbocycles. The third-order valence-corrected chi connectivity index (χ3v) is 2.14. The van der Waals surface area contributed by atoms with Gasteiger partial charge in [0.2, 0.25) is 0 Å². The minimum atomic E-state index is -1.75. The van der Waals surface area contributed by atoms with Crippen molar-refractivity contribution in [3.63, 3.8) is 0 Å². The summed E-state index contributed by atoms with van der Waals surface area (Å²) in [4.78, 5) is 49.9. The molecule has 0 aromatic carbocycles. The molecule has 0 aromatic heterocycles. The third-order valence-electron chi connectivity index (χ3n) is 2.14. The number of ketones is 2. The second-order valence-corrected chi connectivity index (χ2v) is 7.87. The van der Waals surface area contributed by atoms with E-state index in [0.717, 1.165) is 0 Å². The van der Waals surface area contributed by atoms with Crippen LogP contribution in [0.25, 0.3) is 0 Å². The van der Waals surface area contributed by atoms with E-state index in [9.17, 15) is 29.4 Å². The number of hydrogen-bond acceptors (Lipinski definition) is 9. The van der Waals surface area contributed by atoms with Crippen LogP contribution in [0.5, 0.6) is 0 Å². The van der Waals surface area contributed by atoms with Gasteiger partial charge >= 0.3 is 34.1 Å². The van der Waals surface area contributed by atoms with Gasteiger partial charge in [0, 0.05) is 37.6 Å². The summed E-state index contributed by atoms with van der Waals surface area (Å²) < 4.78 is 0. The first-order chi connectivity index (χ1) is 11.4. The van der Waals surface area contributed by atoms with Crippen molar-refractivity contribution >= 4 is 23.5 Å². The van der Waals surface area contributed by atoms with Crippen molar-refractivity contribution in [1.29, 1.82) is 0 Å². The number of hydrogen-bond donors (Lipinski definition) is 0. The van der Waals surface area contributed by atoms with E-state index in [1.165, 1.54) is 0 Å². The summed E-state index contributed by atoms with van der Waals surface area (Å²) in [6.07, 6.45) is -0.337. The predicted molar refractivity (Wildman–Crippen MR) is 87.8 cm³/mol. The van der Waals surface area contributed by atoms with Crippen LogP contribution in [0.15, 0.2) is 0 Å². The zero-order valence-electron chi connectivity index (χ0n) is 16.6. The van der Waals surface area contributed by atoms with Crippen molar-refractivity contribution in [2.24, 2.45) is 10.8 Å². The molecule has 0 saturated carbocycles. The molecule has 0 aromatic rings. The van der Waals surface area contributed by atoms with Crippen LogP contribution >= 0.6 is 0 Å². The van der Waals surface area contributed by atoms with Crippen molar-refractivity contribution in [1.82, 2.24) is 0 Å². The Hall–Kier alpha value is -1.48. The fraction of sp³-hybridized carbons (Fsp3) is 0.750. The number of carbonyl (C=O) groups is 4. The number of carboxylic acids is 2. The molecule has 0 aliphatic heterocycles. The van der Waals surface area contributed by atoms with E-state index in [1.54, 1.807) is 0 Å². The fourth-order valence-electron chi connectivity index (χ4n) is 1.63. The van der Waals surface area contributed by atoms with Crippen LogP contribution in [0.4, 0.5) is 0 Å². The monoisotopic (exact) mass is 502 g/mol. The Labute approximate surface area is 185 Å². The van der Waals surface area contributed by atoms with E-state index >= 15 is 0 Å². The predicted octanol–water partition coefficient (Wildman–Crippen LogP) is 0.0193. The molecule has 10 nitrogen and oxygen atoms in total. The minimum Gasteiger partial charge on any atom is -0.550 e. The molecule has 0 unspecified atom stereocenters. The number of Topliss-reactive ketones (excluding diaryl/α,β-unsaturated/α-hetero) is 2. The van der Waals surface area contributed by atoms with Gasteiger partial charge < -0.3 is 35.1 Å². The van der Waals surface area contributed by atoms with E-state index in [2.05, 4.69) is 0 Å². The minimum absolute atomic E-state index is 0. The number of carboxylic acid groups (broad SMARTS) is 2. The van der Waals surface area contributed by atoms with Crippen molar-refractivity contribution in [2.45, 2.75) is 67.2 Å². The Kier molecular flexibility index (Phi) is 23.5. The van der Waals surface area contributed by atoms with Gasteiger partial charge in [0.1, 0.15) is 11.6 Å². The van der Waals surface area contributed by atoms with Gasteiger partial charge in [0.05, 0.1) is 5.09 Å². The van der Waals surface area contributed by atoms with Gasteiger partial charge in [-0.15, -0.1) is 0 Å². The second-order valence-electron chi connectivity index (χ2n) is 7.87.